The van der Waals surface area contributed by atoms with E-state index in [1.165, 1.54) is 5.56 Å². The summed E-state index contributed by atoms with van der Waals surface area (Å²) in [5, 5.41) is 0. The number of rotatable bonds is 2. The standard InChI is InChI=1S/C24H21NO2/c26-23-15-19-11-7-8-12-20(19)16-24(21-13-5-2-6-14-21)25(23)22(17-27-24)18-9-3-1-4-10-18/h1-14,22H,15-17H2/t22-,24-/m0/s1. The van der Waals surface area contributed by atoms with Crippen LogP contribution in [0.1, 0.15) is 28.3 Å². The molecular formula is C24H21NO2. The lowest BCUT2D eigenvalue weighted by atomic mass is 9.92. The van der Waals surface area contributed by atoms with Crippen LogP contribution in [0.25, 0.3) is 0 Å². The molecule has 5 rings (SSSR count). The first-order valence-corrected chi connectivity index (χ1v) is 9.41. The van der Waals surface area contributed by atoms with Crippen LogP contribution in [0.4, 0.5) is 0 Å². The number of fused-ring (bicyclic) bond motifs is 2. The van der Waals surface area contributed by atoms with Gasteiger partial charge in [-0.1, -0.05) is 84.9 Å². The van der Waals surface area contributed by atoms with E-state index in [1.54, 1.807) is 0 Å². The summed E-state index contributed by atoms with van der Waals surface area (Å²) in [6.45, 7) is 0.507. The summed E-state index contributed by atoms with van der Waals surface area (Å²) in [5.74, 6) is 0.121. The van der Waals surface area contributed by atoms with Crippen LogP contribution < -0.4 is 0 Å². The third kappa shape index (κ3) is 2.58. The highest BCUT2D eigenvalue weighted by Crippen LogP contribution is 2.47. The molecule has 0 aromatic heterocycles. The fourth-order valence-electron chi connectivity index (χ4n) is 4.48. The van der Waals surface area contributed by atoms with Crippen molar-refractivity contribution in [3.8, 4) is 0 Å². The van der Waals surface area contributed by atoms with Gasteiger partial charge in [-0.3, -0.25) is 4.79 Å². The number of hydrogen-bond acceptors (Lipinski definition) is 2. The first-order valence-electron chi connectivity index (χ1n) is 9.41. The Kier molecular flexibility index (Phi) is 3.83. The highest BCUT2D eigenvalue weighted by molar-refractivity contribution is 5.82. The summed E-state index contributed by atoms with van der Waals surface area (Å²) >= 11 is 0. The SMILES string of the molecule is O=C1Cc2ccccc2C[C@@]2(c3ccccc3)OC[C@@H](c3ccccc3)N12. The summed E-state index contributed by atoms with van der Waals surface area (Å²) in [7, 11) is 0. The third-order valence-corrected chi connectivity index (χ3v) is 5.75. The Labute approximate surface area is 159 Å². The molecule has 2 aliphatic rings. The molecule has 2 aliphatic heterocycles. The van der Waals surface area contributed by atoms with Crippen LogP contribution in [0.15, 0.2) is 84.9 Å². The molecule has 1 saturated heterocycles. The van der Waals surface area contributed by atoms with E-state index >= 15 is 0 Å². The van der Waals surface area contributed by atoms with Crippen molar-refractivity contribution >= 4 is 5.91 Å². The van der Waals surface area contributed by atoms with Crippen molar-refractivity contribution in [2.75, 3.05) is 6.61 Å². The molecule has 0 aliphatic carbocycles. The Hall–Kier alpha value is -2.91. The summed E-state index contributed by atoms with van der Waals surface area (Å²) in [6.07, 6.45) is 1.08. The smallest absolute Gasteiger partial charge is 0.230 e. The van der Waals surface area contributed by atoms with Gasteiger partial charge in [-0.2, -0.15) is 0 Å². The second kappa shape index (κ2) is 6.36. The average molecular weight is 355 g/mol. The zero-order valence-corrected chi connectivity index (χ0v) is 15.0. The van der Waals surface area contributed by atoms with Crippen molar-refractivity contribution in [2.24, 2.45) is 0 Å². The second-order valence-corrected chi connectivity index (χ2v) is 7.27. The molecule has 1 amide bonds. The molecule has 3 heteroatoms. The van der Waals surface area contributed by atoms with E-state index in [0.717, 1.165) is 16.7 Å². The maximum Gasteiger partial charge on any atom is 0.230 e. The maximum atomic E-state index is 13.5. The molecule has 3 aromatic carbocycles. The summed E-state index contributed by atoms with van der Waals surface area (Å²) < 4.78 is 6.51. The van der Waals surface area contributed by atoms with Crippen LogP contribution >= 0.6 is 0 Å². The van der Waals surface area contributed by atoms with Crippen LogP contribution in [-0.2, 0) is 28.1 Å². The van der Waals surface area contributed by atoms with Crippen LogP contribution in [0.5, 0.6) is 0 Å². The van der Waals surface area contributed by atoms with Gasteiger partial charge in [0.2, 0.25) is 5.91 Å². The first kappa shape index (κ1) is 16.3. The molecular weight excluding hydrogens is 334 g/mol. The minimum absolute atomic E-state index is 0.0757. The molecule has 2 atom stereocenters. The normalized spacial score (nSPS) is 24.2. The Balaban J connectivity index is 1.69. The van der Waals surface area contributed by atoms with Gasteiger partial charge < -0.3 is 9.64 Å². The Bertz CT molecular complexity index is 970. The zero-order chi connectivity index (χ0) is 18.3. The number of amides is 1. The number of carbonyl (C=O) groups excluding carboxylic acids is 1. The number of carbonyl (C=O) groups is 1. The number of benzene rings is 3. The molecule has 3 nitrogen and oxygen atoms in total. The van der Waals surface area contributed by atoms with E-state index in [4.69, 9.17) is 4.74 Å². The van der Waals surface area contributed by atoms with E-state index in [1.807, 2.05) is 53.4 Å². The average Bonchev–Trinajstić information content (AvgIpc) is 3.05. The number of nitrogens with zero attached hydrogens (tertiary/aromatic N) is 1. The van der Waals surface area contributed by atoms with Crippen LogP contribution in [0.3, 0.4) is 0 Å². The third-order valence-electron chi connectivity index (χ3n) is 5.75. The Morgan fingerprint density at radius 2 is 1.44 bits per heavy atom. The topological polar surface area (TPSA) is 29.5 Å². The molecule has 0 radical (unpaired) electrons. The number of hydrogen-bond donors (Lipinski definition) is 0. The lowest BCUT2D eigenvalue weighted by Gasteiger charge is -2.38. The molecule has 2 heterocycles. The maximum absolute atomic E-state index is 13.5. The van der Waals surface area contributed by atoms with Gasteiger partial charge in [0, 0.05) is 12.0 Å². The molecule has 0 saturated carbocycles. The quantitative estimate of drug-likeness (QED) is 0.688. The molecule has 3 aromatic rings. The van der Waals surface area contributed by atoms with Crippen molar-refractivity contribution in [2.45, 2.75) is 24.6 Å². The number of ether oxygens (including phenoxy) is 1. The first-order chi connectivity index (χ1) is 13.3. The molecule has 0 bridgehead atoms. The van der Waals surface area contributed by atoms with Gasteiger partial charge in [-0.15, -0.1) is 0 Å². The zero-order valence-electron chi connectivity index (χ0n) is 15.0. The van der Waals surface area contributed by atoms with Gasteiger partial charge in [-0.25, -0.2) is 0 Å². The molecule has 0 unspecified atom stereocenters. The van der Waals surface area contributed by atoms with Gasteiger partial charge in [0.25, 0.3) is 0 Å². The van der Waals surface area contributed by atoms with Gasteiger partial charge in [-0.05, 0) is 16.7 Å². The fourth-order valence-corrected chi connectivity index (χ4v) is 4.48. The molecule has 0 spiro atoms. The van der Waals surface area contributed by atoms with Gasteiger partial charge in [0.1, 0.15) is 0 Å². The molecule has 0 N–H and O–H groups in total. The van der Waals surface area contributed by atoms with E-state index in [2.05, 4.69) is 36.4 Å². The predicted octanol–water partition coefficient (Wildman–Crippen LogP) is 4.24. The minimum Gasteiger partial charge on any atom is -0.348 e. The van der Waals surface area contributed by atoms with Crippen molar-refractivity contribution in [3.63, 3.8) is 0 Å². The van der Waals surface area contributed by atoms with Crippen molar-refractivity contribution < 1.29 is 9.53 Å². The van der Waals surface area contributed by atoms with Gasteiger partial charge in [0.05, 0.1) is 19.1 Å². The van der Waals surface area contributed by atoms with E-state index in [-0.39, 0.29) is 11.9 Å². The predicted molar refractivity (Wildman–Crippen MR) is 104 cm³/mol. The fraction of sp³-hybridized carbons (Fsp3) is 0.208. The van der Waals surface area contributed by atoms with E-state index in [0.29, 0.717) is 19.4 Å². The van der Waals surface area contributed by atoms with Crippen molar-refractivity contribution in [3.05, 3.63) is 107 Å². The van der Waals surface area contributed by atoms with E-state index in [9.17, 15) is 4.79 Å². The van der Waals surface area contributed by atoms with Gasteiger partial charge >= 0.3 is 0 Å². The molecule has 27 heavy (non-hydrogen) atoms. The Morgan fingerprint density at radius 3 is 2.19 bits per heavy atom. The minimum atomic E-state index is -0.758. The summed E-state index contributed by atoms with van der Waals surface area (Å²) in [4.78, 5) is 15.5. The van der Waals surface area contributed by atoms with Crippen LogP contribution in [0.2, 0.25) is 0 Å². The monoisotopic (exact) mass is 355 g/mol. The molecule has 134 valence electrons. The summed E-state index contributed by atoms with van der Waals surface area (Å²) in [5.41, 5.74) is 3.68. The lowest BCUT2D eigenvalue weighted by molar-refractivity contribution is -0.152. The van der Waals surface area contributed by atoms with Crippen LogP contribution in [0, 0.1) is 0 Å². The van der Waals surface area contributed by atoms with E-state index < -0.39 is 5.72 Å². The largest absolute Gasteiger partial charge is 0.348 e. The highest BCUT2D eigenvalue weighted by atomic mass is 16.5. The molecule has 1 fully saturated rings. The second-order valence-electron chi connectivity index (χ2n) is 7.27. The highest BCUT2D eigenvalue weighted by Gasteiger charge is 2.53. The van der Waals surface area contributed by atoms with Crippen LogP contribution in [-0.4, -0.2) is 17.4 Å². The van der Waals surface area contributed by atoms with Crippen molar-refractivity contribution in [1.82, 2.24) is 4.90 Å². The van der Waals surface area contributed by atoms with Crippen molar-refractivity contribution in [1.29, 1.82) is 0 Å². The lowest BCUT2D eigenvalue weighted by Crippen LogP contribution is -2.47. The van der Waals surface area contributed by atoms with Gasteiger partial charge in [0.15, 0.2) is 5.72 Å². The summed E-state index contributed by atoms with van der Waals surface area (Å²) in [6, 6.07) is 28.5. The Morgan fingerprint density at radius 1 is 0.815 bits per heavy atom.